The highest BCUT2D eigenvalue weighted by Gasteiger charge is 2.25. The molecule has 28 heavy (non-hydrogen) atoms. The topological polar surface area (TPSA) is 70.7 Å². The van der Waals surface area contributed by atoms with E-state index in [1.165, 1.54) is 0 Å². The lowest BCUT2D eigenvalue weighted by Crippen LogP contribution is -2.32. The summed E-state index contributed by atoms with van der Waals surface area (Å²) in [7, 11) is 1.58. The Hall–Kier alpha value is -2.54. The van der Waals surface area contributed by atoms with Gasteiger partial charge in [-0.25, -0.2) is 0 Å². The summed E-state index contributed by atoms with van der Waals surface area (Å²) in [6.07, 6.45) is 1.42. The van der Waals surface area contributed by atoms with Gasteiger partial charge in [0.25, 0.3) is 0 Å². The first-order chi connectivity index (χ1) is 13.4. The molecule has 0 radical (unpaired) electrons. The van der Waals surface area contributed by atoms with Crippen LogP contribution >= 0.6 is 15.9 Å². The number of nitrogens with one attached hydrogen (secondary N) is 2. The fourth-order valence-corrected chi connectivity index (χ4v) is 3.76. The minimum Gasteiger partial charge on any atom is -0.494 e. The van der Waals surface area contributed by atoms with Crippen LogP contribution in [-0.4, -0.2) is 31.5 Å². The quantitative estimate of drug-likeness (QED) is 0.693. The minimum atomic E-state index is -0.461. The first-order valence-electron chi connectivity index (χ1n) is 9.21. The number of ether oxygens (including phenoxy) is 1. The number of amides is 2. The Morgan fingerprint density at radius 3 is 2.68 bits per heavy atom. The van der Waals surface area contributed by atoms with Gasteiger partial charge >= 0.3 is 0 Å². The first kappa shape index (κ1) is 20.2. The van der Waals surface area contributed by atoms with E-state index < -0.39 is 6.04 Å². The Morgan fingerprint density at radius 1 is 1.25 bits per heavy atom. The predicted molar refractivity (Wildman–Crippen MR) is 115 cm³/mol. The van der Waals surface area contributed by atoms with E-state index in [2.05, 4.69) is 26.6 Å². The molecule has 0 bridgehead atoms. The van der Waals surface area contributed by atoms with Gasteiger partial charge in [-0.05, 0) is 66.0 Å². The third-order valence-corrected chi connectivity index (χ3v) is 5.36. The molecule has 0 aliphatic carbocycles. The molecule has 3 rings (SSSR count). The molecule has 2 N–H and O–H groups in total. The summed E-state index contributed by atoms with van der Waals surface area (Å²) < 4.78 is 6.31. The van der Waals surface area contributed by atoms with Gasteiger partial charge in [-0.15, -0.1) is 0 Å². The highest BCUT2D eigenvalue weighted by atomic mass is 79.9. The fourth-order valence-electron chi connectivity index (χ4n) is 3.17. The van der Waals surface area contributed by atoms with Crippen LogP contribution in [0.25, 0.3) is 0 Å². The van der Waals surface area contributed by atoms with Crippen LogP contribution in [0.2, 0.25) is 0 Å². The van der Waals surface area contributed by atoms with Crippen LogP contribution in [0, 0.1) is 6.92 Å². The summed E-state index contributed by atoms with van der Waals surface area (Å²) in [5.41, 5.74) is 3.35. The number of carbonyl (C=O) groups excluding carboxylic acids is 2. The molecule has 1 aliphatic rings. The van der Waals surface area contributed by atoms with E-state index in [1.54, 1.807) is 18.9 Å². The van der Waals surface area contributed by atoms with Crippen molar-refractivity contribution in [2.75, 3.05) is 29.2 Å². The largest absolute Gasteiger partial charge is 0.494 e. The standard InChI is InChI=1S/C21H24BrN3O3/c1-13-6-8-17(16(22)11-13)24-21(27)14(2)23-15-7-9-18(19(12-15)28-3)25-10-4-5-20(25)26/h6-9,11-12,14,23H,4-5,10H2,1-3H3,(H,24,27). The summed E-state index contributed by atoms with van der Waals surface area (Å²) in [4.78, 5) is 26.3. The van der Waals surface area contributed by atoms with E-state index in [4.69, 9.17) is 4.74 Å². The van der Waals surface area contributed by atoms with Crippen LogP contribution in [0.1, 0.15) is 25.3 Å². The molecule has 0 saturated carbocycles. The van der Waals surface area contributed by atoms with E-state index in [0.717, 1.165) is 33.5 Å². The van der Waals surface area contributed by atoms with Gasteiger partial charge < -0.3 is 20.3 Å². The molecule has 2 amide bonds. The second-order valence-corrected chi connectivity index (χ2v) is 7.73. The van der Waals surface area contributed by atoms with Crippen molar-refractivity contribution in [3.63, 3.8) is 0 Å². The van der Waals surface area contributed by atoms with E-state index in [9.17, 15) is 9.59 Å². The molecule has 6 nitrogen and oxygen atoms in total. The number of aryl methyl sites for hydroxylation is 1. The van der Waals surface area contributed by atoms with Crippen LogP contribution < -0.4 is 20.3 Å². The average Bonchev–Trinajstić information content (AvgIpc) is 3.09. The van der Waals surface area contributed by atoms with E-state index >= 15 is 0 Å². The van der Waals surface area contributed by atoms with Crippen LogP contribution in [0.5, 0.6) is 5.75 Å². The van der Waals surface area contributed by atoms with Crippen molar-refractivity contribution < 1.29 is 14.3 Å². The Labute approximate surface area is 173 Å². The molecule has 1 fully saturated rings. The van der Waals surface area contributed by atoms with Gasteiger partial charge in [0.1, 0.15) is 11.8 Å². The third-order valence-electron chi connectivity index (χ3n) is 4.70. The molecule has 1 aliphatic heterocycles. The summed E-state index contributed by atoms with van der Waals surface area (Å²) in [6.45, 7) is 4.49. The number of benzene rings is 2. The highest BCUT2D eigenvalue weighted by molar-refractivity contribution is 9.10. The van der Waals surface area contributed by atoms with Crippen molar-refractivity contribution in [1.29, 1.82) is 0 Å². The Bertz CT molecular complexity index is 900. The van der Waals surface area contributed by atoms with Gasteiger partial charge in [0.2, 0.25) is 11.8 Å². The number of nitrogens with zero attached hydrogens (tertiary/aromatic N) is 1. The zero-order valence-corrected chi connectivity index (χ0v) is 17.8. The van der Waals surface area contributed by atoms with E-state index in [-0.39, 0.29) is 11.8 Å². The second-order valence-electron chi connectivity index (χ2n) is 6.87. The summed E-state index contributed by atoms with van der Waals surface area (Å²) in [5, 5.41) is 6.10. The van der Waals surface area contributed by atoms with Crippen molar-refractivity contribution in [3.8, 4) is 5.75 Å². The van der Waals surface area contributed by atoms with Gasteiger partial charge in [-0.2, -0.15) is 0 Å². The summed E-state index contributed by atoms with van der Waals surface area (Å²) >= 11 is 3.47. The van der Waals surface area contributed by atoms with Crippen molar-refractivity contribution in [2.24, 2.45) is 0 Å². The SMILES string of the molecule is COc1cc(NC(C)C(=O)Nc2ccc(C)cc2Br)ccc1N1CCCC1=O. The van der Waals surface area contributed by atoms with Crippen LogP contribution in [0.15, 0.2) is 40.9 Å². The molecular formula is C21H24BrN3O3. The maximum absolute atomic E-state index is 12.5. The molecule has 148 valence electrons. The molecule has 1 atom stereocenters. The van der Waals surface area contributed by atoms with Crippen LogP contribution in [-0.2, 0) is 9.59 Å². The molecule has 7 heteroatoms. The minimum absolute atomic E-state index is 0.107. The monoisotopic (exact) mass is 445 g/mol. The van der Waals surface area contributed by atoms with Gasteiger partial charge in [0.15, 0.2) is 0 Å². The molecule has 2 aromatic rings. The third kappa shape index (κ3) is 4.47. The predicted octanol–water partition coefficient (Wildman–Crippen LogP) is 4.33. The molecular weight excluding hydrogens is 422 g/mol. The van der Waals surface area contributed by atoms with Crippen molar-refractivity contribution >= 4 is 44.8 Å². The highest BCUT2D eigenvalue weighted by Crippen LogP contribution is 2.34. The number of anilines is 3. The van der Waals surface area contributed by atoms with Crippen LogP contribution in [0.4, 0.5) is 17.1 Å². The first-order valence-corrected chi connectivity index (χ1v) is 10.0. The zero-order valence-electron chi connectivity index (χ0n) is 16.2. The van der Waals surface area contributed by atoms with Gasteiger partial charge in [-0.3, -0.25) is 9.59 Å². The lowest BCUT2D eigenvalue weighted by atomic mass is 10.2. The molecule has 1 saturated heterocycles. The fraction of sp³-hybridized carbons (Fsp3) is 0.333. The molecule has 0 spiro atoms. The number of hydrogen-bond donors (Lipinski definition) is 2. The Morgan fingerprint density at radius 2 is 2.04 bits per heavy atom. The molecule has 0 aromatic heterocycles. The number of carbonyl (C=O) groups is 2. The number of methoxy groups -OCH3 is 1. The van der Waals surface area contributed by atoms with Gasteiger partial charge in [-0.1, -0.05) is 6.07 Å². The molecule has 2 aromatic carbocycles. The lowest BCUT2D eigenvalue weighted by molar-refractivity contribution is -0.117. The average molecular weight is 446 g/mol. The zero-order chi connectivity index (χ0) is 20.3. The van der Waals surface area contributed by atoms with E-state index in [1.807, 2.05) is 43.3 Å². The summed E-state index contributed by atoms with van der Waals surface area (Å²) in [6, 6.07) is 10.8. The smallest absolute Gasteiger partial charge is 0.246 e. The van der Waals surface area contributed by atoms with Crippen LogP contribution in [0.3, 0.4) is 0 Å². The number of rotatable bonds is 6. The second kappa shape index (κ2) is 8.65. The molecule has 1 unspecified atom stereocenters. The van der Waals surface area contributed by atoms with Crippen molar-refractivity contribution in [2.45, 2.75) is 32.7 Å². The Balaban J connectivity index is 1.70. The summed E-state index contributed by atoms with van der Waals surface area (Å²) in [5.74, 6) is 0.562. The molecule has 1 heterocycles. The Kier molecular flexibility index (Phi) is 6.24. The maximum atomic E-state index is 12.5. The van der Waals surface area contributed by atoms with Crippen molar-refractivity contribution in [1.82, 2.24) is 0 Å². The van der Waals surface area contributed by atoms with Gasteiger partial charge in [0.05, 0.1) is 18.5 Å². The maximum Gasteiger partial charge on any atom is 0.246 e. The van der Waals surface area contributed by atoms with Gasteiger partial charge in [0, 0.05) is 29.2 Å². The number of hydrogen-bond acceptors (Lipinski definition) is 4. The normalized spacial score (nSPS) is 14.7. The number of halogens is 1. The lowest BCUT2D eigenvalue weighted by Gasteiger charge is -2.21. The van der Waals surface area contributed by atoms with Crippen molar-refractivity contribution in [3.05, 3.63) is 46.4 Å². The van der Waals surface area contributed by atoms with E-state index in [0.29, 0.717) is 18.7 Å².